The molecule has 9 nitrogen and oxygen atoms in total. The van der Waals surface area contributed by atoms with Crippen LogP contribution in [0.2, 0.25) is 0 Å². The van der Waals surface area contributed by atoms with E-state index in [1.54, 1.807) is 56.3 Å². The van der Waals surface area contributed by atoms with Gasteiger partial charge in [-0.3, -0.25) is 0 Å². The van der Waals surface area contributed by atoms with Gasteiger partial charge in [-0.2, -0.15) is 10.2 Å². The topological polar surface area (TPSA) is 133 Å². The lowest BCUT2D eigenvalue weighted by Gasteiger charge is -2.42. The van der Waals surface area contributed by atoms with Gasteiger partial charge in [0.15, 0.2) is 6.33 Å². The Kier molecular flexibility index (Phi) is 4.85. The molecule has 3 aromatic rings. The standard InChI is InChI=1S/C21H19N5O4/c1-21(2)18(27)17(15-8-12(10-22)6-7-16(15)29-21)26-20(28)25-14-5-3-4-13(9-14)19-23-11-24-30-19/h3-9,11,17-18,27H,1-2H3,(H2,25,26,28)/t17-,18+/m1/s1. The van der Waals surface area contributed by atoms with Crippen LogP contribution in [-0.2, 0) is 0 Å². The first-order valence-corrected chi connectivity index (χ1v) is 9.23. The van der Waals surface area contributed by atoms with Crippen molar-refractivity contribution in [3.05, 3.63) is 59.9 Å². The maximum absolute atomic E-state index is 12.7. The average Bonchev–Trinajstić information content (AvgIpc) is 3.26. The lowest BCUT2D eigenvalue weighted by molar-refractivity contribution is -0.0618. The highest BCUT2D eigenvalue weighted by Crippen LogP contribution is 2.40. The molecule has 9 heteroatoms. The number of aliphatic hydroxyl groups excluding tert-OH is 1. The van der Waals surface area contributed by atoms with Gasteiger partial charge in [-0.1, -0.05) is 11.2 Å². The molecular weight excluding hydrogens is 386 g/mol. The highest BCUT2D eigenvalue weighted by molar-refractivity contribution is 5.90. The van der Waals surface area contributed by atoms with E-state index in [2.05, 4.69) is 26.8 Å². The van der Waals surface area contributed by atoms with E-state index in [9.17, 15) is 15.2 Å². The van der Waals surface area contributed by atoms with Gasteiger partial charge in [0.1, 0.15) is 17.5 Å². The summed E-state index contributed by atoms with van der Waals surface area (Å²) in [6, 6.07) is 12.6. The summed E-state index contributed by atoms with van der Waals surface area (Å²) in [7, 11) is 0. The molecule has 0 spiro atoms. The van der Waals surface area contributed by atoms with Crippen LogP contribution < -0.4 is 15.4 Å². The van der Waals surface area contributed by atoms with E-state index in [1.165, 1.54) is 6.33 Å². The van der Waals surface area contributed by atoms with E-state index in [0.717, 1.165) is 0 Å². The molecule has 3 N–H and O–H groups in total. The maximum atomic E-state index is 12.7. The fourth-order valence-corrected chi connectivity index (χ4v) is 3.36. The minimum Gasteiger partial charge on any atom is -0.485 e. The molecule has 1 aliphatic rings. The Morgan fingerprint density at radius 2 is 2.10 bits per heavy atom. The second kappa shape index (κ2) is 7.50. The smallest absolute Gasteiger partial charge is 0.319 e. The maximum Gasteiger partial charge on any atom is 0.319 e. The van der Waals surface area contributed by atoms with Crippen LogP contribution in [0.15, 0.2) is 53.3 Å². The summed E-state index contributed by atoms with van der Waals surface area (Å²) in [5, 5.41) is 29.1. The first-order valence-electron chi connectivity index (χ1n) is 9.23. The number of aromatic nitrogens is 2. The number of anilines is 1. The second-order valence-electron chi connectivity index (χ2n) is 7.42. The largest absolute Gasteiger partial charge is 0.485 e. The highest BCUT2D eigenvalue weighted by Gasteiger charge is 2.43. The first kappa shape index (κ1) is 19.4. The van der Waals surface area contributed by atoms with Gasteiger partial charge >= 0.3 is 6.03 Å². The van der Waals surface area contributed by atoms with E-state index in [-0.39, 0.29) is 0 Å². The van der Waals surface area contributed by atoms with E-state index in [0.29, 0.717) is 34.0 Å². The number of nitrogens with zero attached hydrogens (tertiary/aromatic N) is 3. The zero-order valence-corrected chi connectivity index (χ0v) is 16.3. The molecule has 30 heavy (non-hydrogen) atoms. The Bertz CT molecular complexity index is 1120. The first-order chi connectivity index (χ1) is 14.4. The lowest BCUT2D eigenvalue weighted by Crippen LogP contribution is -2.54. The molecule has 2 aromatic carbocycles. The van der Waals surface area contributed by atoms with Crippen LogP contribution in [0.25, 0.3) is 11.5 Å². The third-order valence-corrected chi connectivity index (χ3v) is 4.89. The van der Waals surface area contributed by atoms with Gasteiger partial charge in [-0.25, -0.2) is 4.79 Å². The van der Waals surface area contributed by atoms with Crippen LogP contribution in [0.3, 0.4) is 0 Å². The number of nitriles is 1. The Balaban J connectivity index is 1.57. The van der Waals surface area contributed by atoms with Crippen molar-refractivity contribution >= 4 is 11.7 Å². The summed E-state index contributed by atoms with van der Waals surface area (Å²) in [6.07, 6.45) is 0.262. The number of ether oxygens (including phenoxy) is 1. The number of rotatable bonds is 3. The minimum absolute atomic E-state index is 0.332. The van der Waals surface area contributed by atoms with Crippen molar-refractivity contribution in [1.82, 2.24) is 15.5 Å². The number of hydrogen-bond acceptors (Lipinski definition) is 7. The van der Waals surface area contributed by atoms with Crippen molar-refractivity contribution in [3.63, 3.8) is 0 Å². The molecule has 0 fully saturated rings. The number of carbonyl (C=O) groups is 1. The summed E-state index contributed by atoms with van der Waals surface area (Å²) < 4.78 is 10.9. The fourth-order valence-electron chi connectivity index (χ4n) is 3.36. The van der Waals surface area contributed by atoms with E-state index in [1.807, 2.05) is 0 Å². The zero-order chi connectivity index (χ0) is 21.3. The molecule has 2 heterocycles. The highest BCUT2D eigenvalue weighted by atomic mass is 16.5. The third-order valence-electron chi connectivity index (χ3n) is 4.89. The lowest BCUT2D eigenvalue weighted by atomic mass is 9.86. The van der Waals surface area contributed by atoms with E-state index in [4.69, 9.17) is 9.26 Å². The van der Waals surface area contributed by atoms with Crippen molar-refractivity contribution in [2.24, 2.45) is 0 Å². The number of benzene rings is 2. The summed E-state index contributed by atoms with van der Waals surface area (Å²) in [6.45, 7) is 3.47. The normalized spacial score (nSPS) is 19.1. The minimum atomic E-state index is -1.03. The molecule has 0 radical (unpaired) electrons. The molecule has 4 rings (SSSR count). The molecule has 0 aliphatic carbocycles. The van der Waals surface area contributed by atoms with Crippen LogP contribution in [0, 0.1) is 11.3 Å². The number of fused-ring (bicyclic) bond motifs is 1. The number of nitrogens with one attached hydrogen (secondary N) is 2. The molecule has 0 unspecified atom stereocenters. The number of aliphatic hydroxyl groups is 1. The third kappa shape index (κ3) is 3.68. The van der Waals surface area contributed by atoms with Crippen LogP contribution >= 0.6 is 0 Å². The van der Waals surface area contributed by atoms with Gasteiger partial charge in [0.25, 0.3) is 5.89 Å². The molecule has 1 aliphatic heterocycles. The predicted molar refractivity (Wildman–Crippen MR) is 107 cm³/mol. The molecule has 152 valence electrons. The molecule has 0 bridgehead atoms. The summed E-state index contributed by atoms with van der Waals surface area (Å²) in [5.74, 6) is 0.839. The quantitative estimate of drug-likeness (QED) is 0.610. The van der Waals surface area contributed by atoms with Crippen molar-refractivity contribution < 1.29 is 19.2 Å². The summed E-state index contributed by atoms with van der Waals surface area (Å²) in [4.78, 5) is 16.7. The molecule has 2 amide bonds. The predicted octanol–water partition coefficient (Wildman–Crippen LogP) is 3.00. The monoisotopic (exact) mass is 405 g/mol. The van der Waals surface area contributed by atoms with Crippen molar-refractivity contribution in [3.8, 4) is 23.3 Å². The zero-order valence-electron chi connectivity index (χ0n) is 16.3. The van der Waals surface area contributed by atoms with Gasteiger partial charge in [0.2, 0.25) is 0 Å². The number of hydrogen-bond donors (Lipinski definition) is 3. The number of urea groups is 1. The molecule has 2 atom stereocenters. The van der Waals surface area contributed by atoms with Gasteiger partial charge in [0.05, 0.1) is 17.7 Å². The number of carbonyl (C=O) groups excluding carboxylic acids is 1. The van der Waals surface area contributed by atoms with E-state index < -0.39 is 23.8 Å². The molecule has 0 saturated heterocycles. The van der Waals surface area contributed by atoms with Crippen LogP contribution in [0.1, 0.15) is 31.0 Å². The Morgan fingerprint density at radius 1 is 1.27 bits per heavy atom. The van der Waals surface area contributed by atoms with Gasteiger partial charge in [0, 0.05) is 16.8 Å². The average molecular weight is 405 g/mol. The van der Waals surface area contributed by atoms with Gasteiger partial charge in [-0.05, 0) is 50.2 Å². The molecule has 1 aromatic heterocycles. The van der Waals surface area contributed by atoms with Gasteiger partial charge in [-0.15, -0.1) is 0 Å². The Morgan fingerprint density at radius 3 is 2.83 bits per heavy atom. The van der Waals surface area contributed by atoms with E-state index >= 15 is 0 Å². The fraction of sp³-hybridized carbons (Fsp3) is 0.238. The second-order valence-corrected chi connectivity index (χ2v) is 7.42. The molecular formula is C21H19N5O4. The Hall–Kier alpha value is -3.90. The van der Waals surface area contributed by atoms with Crippen molar-refractivity contribution in [2.75, 3.05) is 5.32 Å². The van der Waals surface area contributed by atoms with Gasteiger partial charge < -0.3 is 25.0 Å². The summed E-state index contributed by atoms with van der Waals surface area (Å²) >= 11 is 0. The summed E-state index contributed by atoms with van der Waals surface area (Å²) in [5.41, 5.74) is 1.17. The number of amides is 2. The SMILES string of the molecule is CC1(C)Oc2ccc(C#N)cc2[C@@H](NC(=O)Nc2cccc(-c3ncno3)c2)[C@@H]1O. The van der Waals surface area contributed by atoms with Crippen LogP contribution in [0.5, 0.6) is 5.75 Å². The Labute approximate surface area is 172 Å². The molecule has 0 saturated carbocycles. The van der Waals surface area contributed by atoms with Crippen LogP contribution in [0.4, 0.5) is 10.5 Å². The van der Waals surface area contributed by atoms with Crippen molar-refractivity contribution in [1.29, 1.82) is 5.26 Å². The van der Waals surface area contributed by atoms with Crippen molar-refractivity contribution in [2.45, 2.75) is 31.6 Å². The van der Waals surface area contributed by atoms with Crippen LogP contribution in [-0.4, -0.2) is 33.0 Å².